The molecule has 0 amide bonds. The predicted octanol–water partition coefficient (Wildman–Crippen LogP) is 2.20. The molecule has 0 radical (unpaired) electrons. The summed E-state index contributed by atoms with van der Waals surface area (Å²) >= 11 is 1.65. The highest BCUT2D eigenvalue weighted by molar-refractivity contribution is 7.15. The maximum absolute atomic E-state index is 5.56. The van der Waals surface area contributed by atoms with Gasteiger partial charge in [-0.3, -0.25) is 0 Å². The van der Waals surface area contributed by atoms with Crippen LogP contribution in [0.15, 0.2) is 24.4 Å². The first kappa shape index (κ1) is 9.81. The van der Waals surface area contributed by atoms with Crippen molar-refractivity contribution in [2.45, 2.75) is 13.0 Å². The van der Waals surface area contributed by atoms with Crippen molar-refractivity contribution in [3.63, 3.8) is 0 Å². The molecule has 0 spiro atoms. The van der Waals surface area contributed by atoms with Gasteiger partial charge < -0.3 is 10.5 Å². The zero-order chi connectivity index (χ0) is 11.0. The van der Waals surface area contributed by atoms with Crippen LogP contribution in [0.4, 0.5) is 0 Å². The maximum Gasteiger partial charge on any atom is 0.122 e. The molecule has 3 nitrogen and oxygen atoms in total. The Labute approximate surface area is 97.9 Å². The summed E-state index contributed by atoms with van der Waals surface area (Å²) in [4.78, 5) is 5.44. The molecular weight excluding hydrogens is 220 g/mol. The van der Waals surface area contributed by atoms with E-state index in [1.807, 2.05) is 12.3 Å². The molecule has 0 fully saturated rings. The van der Waals surface area contributed by atoms with Crippen LogP contribution in [0, 0.1) is 0 Å². The van der Waals surface area contributed by atoms with Crippen molar-refractivity contribution in [1.29, 1.82) is 0 Å². The molecule has 16 heavy (non-hydrogen) atoms. The van der Waals surface area contributed by atoms with Crippen molar-refractivity contribution in [1.82, 2.24) is 4.98 Å². The molecule has 0 saturated carbocycles. The van der Waals surface area contributed by atoms with Gasteiger partial charge >= 0.3 is 0 Å². The van der Waals surface area contributed by atoms with Crippen LogP contribution in [0.1, 0.15) is 10.6 Å². The van der Waals surface area contributed by atoms with Gasteiger partial charge in [-0.05, 0) is 29.3 Å². The lowest BCUT2D eigenvalue weighted by Crippen LogP contribution is -1.93. The van der Waals surface area contributed by atoms with Gasteiger partial charge in [0.05, 0.1) is 11.5 Å². The van der Waals surface area contributed by atoms with Crippen molar-refractivity contribution < 1.29 is 4.74 Å². The molecule has 0 saturated heterocycles. The number of thiazole rings is 1. The van der Waals surface area contributed by atoms with Crippen LogP contribution >= 0.6 is 11.3 Å². The monoisotopic (exact) mass is 232 g/mol. The number of rotatable bonds is 2. The maximum atomic E-state index is 5.56. The Balaban J connectivity index is 2.00. The molecule has 3 rings (SSSR count). The Bertz CT molecular complexity index is 521. The number of aromatic nitrogens is 1. The van der Waals surface area contributed by atoms with E-state index in [0.29, 0.717) is 6.54 Å². The number of nitrogens with zero attached hydrogens (tertiary/aromatic N) is 1. The predicted molar refractivity (Wildman–Crippen MR) is 64.6 cm³/mol. The Morgan fingerprint density at radius 3 is 3.19 bits per heavy atom. The van der Waals surface area contributed by atoms with Gasteiger partial charge in [0.25, 0.3) is 0 Å². The van der Waals surface area contributed by atoms with Gasteiger partial charge in [0, 0.05) is 19.2 Å². The number of hydrogen-bond donors (Lipinski definition) is 1. The molecule has 2 aromatic rings. The fourth-order valence-corrected chi connectivity index (χ4v) is 2.67. The Hall–Kier alpha value is -1.39. The number of ether oxygens (including phenoxy) is 1. The van der Waals surface area contributed by atoms with Gasteiger partial charge in [0.15, 0.2) is 0 Å². The average molecular weight is 232 g/mol. The molecular formula is C12H12N2OS. The van der Waals surface area contributed by atoms with Gasteiger partial charge in [-0.2, -0.15) is 0 Å². The first-order valence-corrected chi connectivity index (χ1v) is 6.09. The van der Waals surface area contributed by atoms with Crippen LogP contribution in [0.25, 0.3) is 10.4 Å². The minimum absolute atomic E-state index is 0.513. The average Bonchev–Trinajstić information content (AvgIpc) is 2.96. The van der Waals surface area contributed by atoms with Gasteiger partial charge in [0.1, 0.15) is 10.8 Å². The topological polar surface area (TPSA) is 48.1 Å². The number of hydrogen-bond acceptors (Lipinski definition) is 4. The number of fused-ring (bicyclic) bond motifs is 1. The molecule has 82 valence electrons. The van der Waals surface area contributed by atoms with E-state index in [1.54, 1.807) is 11.3 Å². The van der Waals surface area contributed by atoms with Gasteiger partial charge in [-0.15, -0.1) is 11.3 Å². The third-order valence-electron chi connectivity index (χ3n) is 2.70. The summed E-state index contributed by atoms with van der Waals surface area (Å²) in [6.07, 6.45) is 2.90. The Morgan fingerprint density at radius 1 is 1.44 bits per heavy atom. The number of nitrogens with two attached hydrogens (primary N) is 1. The second-order valence-corrected chi connectivity index (χ2v) is 4.86. The van der Waals surface area contributed by atoms with E-state index in [4.69, 9.17) is 10.5 Å². The van der Waals surface area contributed by atoms with Crippen LogP contribution in [0.3, 0.4) is 0 Å². The molecule has 0 aliphatic carbocycles. The molecule has 0 atom stereocenters. The summed E-state index contributed by atoms with van der Waals surface area (Å²) < 4.78 is 5.48. The van der Waals surface area contributed by atoms with Crippen molar-refractivity contribution in [2.75, 3.05) is 6.61 Å². The van der Waals surface area contributed by atoms with Crippen LogP contribution in [-0.2, 0) is 13.0 Å². The van der Waals surface area contributed by atoms with Crippen LogP contribution in [-0.4, -0.2) is 11.6 Å². The van der Waals surface area contributed by atoms with Crippen LogP contribution < -0.4 is 10.5 Å². The smallest absolute Gasteiger partial charge is 0.122 e. The molecule has 2 N–H and O–H groups in total. The van der Waals surface area contributed by atoms with E-state index in [0.717, 1.165) is 23.8 Å². The third-order valence-corrected chi connectivity index (χ3v) is 3.77. The van der Waals surface area contributed by atoms with Crippen molar-refractivity contribution in [2.24, 2.45) is 5.73 Å². The molecule has 0 unspecified atom stereocenters. The van der Waals surface area contributed by atoms with Crippen molar-refractivity contribution >= 4 is 11.3 Å². The fraction of sp³-hybridized carbons (Fsp3) is 0.250. The fourth-order valence-electron chi connectivity index (χ4n) is 1.88. The molecule has 1 aromatic heterocycles. The van der Waals surface area contributed by atoms with Crippen LogP contribution in [0.2, 0.25) is 0 Å². The normalized spacial score (nSPS) is 13.6. The van der Waals surface area contributed by atoms with E-state index in [2.05, 4.69) is 17.1 Å². The van der Waals surface area contributed by atoms with Gasteiger partial charge in [0.2, 0.25) is 0 Å². The summed E-state index contributed by atoms with van der Waals surface area (Å²) in [7, 11) is 0. The third kappa shape index (κ3) is 1.60. The van der Waals surface area contributed by atoms with E-state index in [-0.39, 0.29) is 0 Å². The zero-order valence-corrected chi connectivity index (χ0v) is 9.59. The summed E-state index contributed by atoms with van der Waals surface area (Å²) in [5.41, 5.74) is 8.06. The standard InChI is InChI=1S/C12H12N2OS/c13-6-12-14-7-11(16-12)9-1-2-10-8(5-9)3-4-15-10/h1-2,5,7H,3-4,6,13H2. The second kappa shape index (κ2) is 3.88. The Kier molecular flexibility index (Phi) is 2.38. The highest BCUT2D eigenvalue weighted by Crippen LogP contribution is 2.32. The minimum Gasteiger partial charge on any atom is -0.493 e. The first-order valence-electron chi connectivity index (χ1n) is 5.27. The van der Waals surface area contributed by atoms with E-state index >= 15 is 0 Å². The largest absolute Gasteiger partial charge is 0.493 e. The summed E-state index contributed by atoms with van der Waals surface area (Å²) in [6, 6.07) is 6.31. The van der Waals surface area contributed by atoms with Gasteiger partial charge in [-0.1, -0.05) is 0 Å². The lowest BCUT2D eigenvalue weighted by Gasteiger charge is -2.01. The van der Waals surface area contributed by atoms with Crippen LogP contribution in [0.5, 0.6) is 5.75 Å². The van der Waals surface area contributed by atoms with E-state index < -0.39 is 0 Å². The molecule has 1 aromatic carbocycles. The Morgan fingerprint density at radius 2 is 2.38 bits per heavy atom. The summed E-state index contributed by atoms with van der Waals surface area (Å²) in [5, 5.41) is 0.978. The number of benzene rings is 1. The molecule has 4 heteroatoms. The lowest BCUT2D eigenvalue weighted by molar-refractivity contribution is 0.357. The molecule has 1 aliphatic rings. The first-order chi connectivity index (χ1) is 7.86. The molecule has 1 aliphatic heterocycles. The highest BCUT2D eigenvalue weighted by atomic mass is 32.1. The quantitative estimate of drug-likeness (QED) is 0.863. The lowest BCUT2D eigenvalue weighted by atomic mass is 10.1. The van der Waals surface area contributed by atoms with Crippen molar-refractivity contribution in [3.05, 3.63) is 35.0 Å². The minimum atomic E-state index is 0.513. The SMILES string of the molecule is NCc1ncc(-c2ccc3c(c2)CCO3)s1. The molecule has 0 bridgehead atoms. The zero-order valence-electron chi connectivity index (χ0n) is 8.77. The van der Waals surface area contributed by atoms with E-state index in [1.165, 1.54) is 16.0 Å². The van der Waals surface area contributed by atoms with Gasteiger partial charge in [-0.25, -0.2) is 4.98 Å². The second-order valence-electron chi connectivity index (χ2n) is 3.74. The summed E-state index contributed by atoms with van der Waals surface area (Å²) in [5.74, 6) is 1.02. The van der Waals surface area contributed by atoms with Crippen molar-refractivity contribution in [3.8, 4) is 16.2 Å². The highest BCUT2D eigenvalue weighted by Gasteiger charge is 2.13. The summed E-state index contributed by atoms with van der Waals surface area (Å²) in [6.45, 7) is 1.31. The van der Waals surface area contributed by atoms with E-state index in [9.17, 15) is 0 Å². The molecule has 2 heterocycles.